The van der Waals surface area contributed by atoms with E-state index in [9.17, 15) is 4.79 Å². The van der Waals surface area contributed by atoms with E-state index in [2.05, 4.69) is 20.7 Å². The molecule has 8 heteroatoms. The molecule has 0 aliphatic rings. The predicted octanol–water partition coefficient (Wildman–Crippen LogP) is 2.95. The minimum Gasteiger partial charge on any atom is -0.394 e. The van der Waals surface area contributed by atoms with Crippen LogP contribution in [-0.4, -0.2) is 32.5 Å². The number of nitrogens with one attached hydrogen (secondary N) is 2. The molecule has 0 aliphatic carbocycles. The first kappa shape index (κ1) is 16.2. The van der Waals surface area contributed by atoms with E-state index < -0.39 is 0 Å². The maximum absolute atomic E-state index is 12.0. The molecule has 0 saturated carbocycles. The van der Waals surface area contributed by atoms with Gasteiger partial charge >= 0.3 is 6.03 Å². The number of anilines is 2. The lowest BCUT2D eigenvalue weighted by atomic mass is 10.1. The molecular weight excluding hydrogens is 326 g/mol. The summed E-state index contributed by atoms with van der Waals surface area (Å²) in [6, 6.07) is 7.15. The van der Waals surface area contributed by atoms with Crippen LogP contribution in [0.3, 0.4) is 0 Å². The second kappa shape index (κ2) is 7.24. The summed E-state index contributed by atoms with van der Waals surface area (Å²) in [6.45, 7) is 2.36. The van der Waals surface area contributed by atoms with Crippen LogP contribution in [0.1, 0.15) is 5.01 Å². The van der Waals surface area contributed by atoms with Gasteiger partial charge in [-0.2, -0.15) is 5.10 Å². The lowest BCUT2D eigenvalue weighted by Gasteiger charge is -2.06. The summed E-state index contributed by atoms with van der Waals surface area (Å²) >= 11 is 1.61. The van der Waals surface area contributed by atoms with Gasteiger partial charge in [-0.3, -0.25) is 4.68 Å². The van der Waals surface area contributed by atoms with Crippen molar-refractivity contribution < 1.29 is 9.90 Å². The van der Waals surface area contributed by atoms with Gasteiger partial charge < -0.3 is 15.7 Å². The topological polar surface area (TPSA) is 92.1 Å². The maximum Gasteiger partial charge on any atom is 0.323 e. The molecule has 3 N–H and O–H groups in total. The smallest absolute Gasteiger partial charge is 0.323 e. The van der Waals surface area contributed by atoms with Crippen LogP contribution in [0, 0.1) is 6.92 Å². The zero-order valence-corrected chi connectivity index (χ0v) is 13.9. The van der Waals surface area contributed by atoms with Crippen LogP contribution in [0.15, 0.2) is 42.0 Å². The predicted molar refractivity (Wildman–Crippen MR) is 94.2 cm³/mol. The van der Waals surface area contributed by atoms with Gasteiger partial charge in [0.1, 0.15) is 0 Å². The summed E-state index contributed by atoms with van der Waals surface area (Å²) < 4.78 is 1.56. The van der Waals surface area contributed by atoms with Gasteiger partial charge in [-0.25, -0.2) is 9.78 Å². The van der Waals surface area contributed by atoms with E-state index in [1.165, 1.54) is 6.20 Å². The van der Waals surface area contributed by atoms with Gasteiger partial charge in [0.15, 0.2) is 0 Å². The van der Waals surface area contributed by atoms with E-state index in [1.54, 1.807) is 22.2 Å². The third-order valence-corrected chi connectivity index (χ3v) is 4.05. The zero-order chi connectivity index (χ0) is 16.9. The highest BCUT2D eigenvalue weighted by molar-refractivity contribution is 7.09. The van der Waals surface area contributed by atoms with Crippen molar-refractivity contribution in [3.05, 3.63) is 47.0 Å². The molecule has 0 bridgehead atoms. The molecule has 7 nitrogen and oxygen atoms in total. The number of carbonyl (C=O) groups is 1. The molecule has 3 aromatic rings. The average molecular weight is 343 g/mol. The van der Waals surface area contributed by atoms with Crippen molar-refractivity contribution in [1.29, 1.82) is 0 Å². The Morgan fingerprint density at radius 1 is 1.25 bits per heavy atom. The van der Waals surface area contributed by atoms with Crippen LogP contribution < -0.4 is 10.6 Å². The van der Waals surface area contributed by atoms with Crippen molar-refractivity contribution >= 4 is 28.7 Å². The van der Waals surface area contributed by atoms with Crippen molar-refractivity contribution in [2.75, 3.05) is 17.2 Å². The lowest BCUT2D eigenvalue weighted by Crippen LogP contribution is -2.19. The van der Waals surface area contributed by atoms with Gasteiger partial charge in [0, 0.05) is 22.8 Å². The molecule has 0 saturated heterocycles. The van der Waals surface area contributed by atoms with Crippen LogP contribution >= 0.6 is 11.3 Å². The van der Waals surface area contributed by atoms with E-state index in [4.69, 9.17) is 5.11 Å². The van der Waals surface area contributed by atoms with Gasteiger partial charge in [-0.05, 0) is 19.1 Å². The van der Waals surface area contributed by atoms with Gasteiger partial charge in [0.05, 0.1) is 35.7 Å². The first-order valence-electron chi connectivity index (χ1n) is 7.38. The van der Waals surface area contributed by atoms with Crippen LogP contribution in [0.4, 0.5) is 16.2 Å². The summed E-state index contributed by atoms with van der Waals surface area (Å²) in [7, 11) is 0. The molecule has 2 aromatic heterocycles. The number of rotatable bonds is 5. The molecule has 0 radical (unpaired) electrons. The summed E-state index contributed by atoms with van der Waals surface area (Å²) in [6.07, 6.45) is 3.19. The van der Waals surface area contributed by atoms with Gasteiger partial charge in [0.25, 0.3) is 0 Å². The van der Waals surface area contributed by atoms with Crippen LogP contribution in [0.25, 0.3) is 11.3 Å². The standard InChI is InChI=1S/C16H17N5O2S/c1-11-18-15(10-24-11)12-2-4-13(5-3-12)19-16(23)20-14-8-17-21(9-14)6-7-22/h2-5,8-10,22H,6-7H2,1H3,(H2,19,20,23). The first-order valence-corrected chi connectivity index (χ1v) is 8.26. The molecule has 2 amide bonds. The fraction of sp³-hybridized carbons (Fsp3) is 0.188. The number of aromatic nitrogens is 3. The van der Waals surface area contributed by atoms with Crippen molar-refractivity contribution in [2.45, 2.75) is 13.5 Å². The summed E-state index contributed by atoms with van der Waals surface area (Å²) in [5.74, 6) is 0. The fourth-order valence-corrected chi connectivity index (χ4v) is 2.79. The number of carbonyl (C=O) groups excluding carboxylic acids is 1. The molecule has 2 heterocycles. The highest BCUT2D eigenvalue weighted by Gasteiger charge is 2.06. The van der Waals surface area contributed by atoms with Crippen LogP contribution in [0.2, 0.25) is 0 Å². The van der Waals surface area contributed by atoms with Crippen LogP contribution in [-0.2, 0) is 6.54 Å². The normalized spacial score (nSPS) is 10.6. The number of nitrogens with zero attached hydrogens (tertiary/aromatic N) is 3. The quantitative estimate of drug-likeness (QED) is 0.664. The maximum atomic E-state index is 12.0. The van der Waals surface area contributed by atoms with Gasteiger partial charge in [-0.15, -0.1) is 11.3 Å². The fourth-order valence-electron chi connectivity index (χ4n) is 2.17. The Kier molecular flexibility index (Phi) is 4.88. The summed E-state index contributed by atoms with van der Waals surface area (Å²) in [5, 5.41) is 21.4. The minimum absolute atomic E-state index is 0.00181. The molecule has 3 rings (SSSR count). The Labute approximate surface area is 143 Å². The number of aliphatic hydroxyl groups excluding tert-OH is 1. The Morgan fingerprint density at radius 2 is 2.00 bits per heavy atom. The highest BCUT2D eigenvalue weighted by Crippen LogP contribution is 2.23. The van der Waals surface area contributed by atoms with Crippen molar-refractivity contribution in [3.8, 4) is 11.3 Å². The monoisotopic (exact) mass is 343 g/mol. The molecule has 0 unspecified atom stereocenters. The van der Waals surface area contributed by atoms with Crippen molar-refractivity contribution in [1.82, 2.24) is 14.8 Å². The SMILES string of the molecule is Cc1nc(-c2ccc(NC(=O)Nc3cnn(CCO)c3)cc2)cs1. The third kappa shape index (κ3) is 3.98. The molecular formula is C16H17N5O2S. The van der Waals surface area contributed by atoms with Gasteiger partial charge in [-0.1, -0.05) is 12.1 Å². The van der Waals surface area contributed by atoms with Crippen molar-refractivity contribution in [3.63, 3.8) is 0 Å². The number of hydrogen-bond donors (Lipinski definition) is 3. The molecule has 0 atom stereocenters. The Hall–Kier alpha value is -2.71. The largest absolute Gasteiger partial charge is 0.394 e. The zero-order valence-electron chi connectivity index (χ0n) is 13.1. The number of benzene rings is 1. The summed E-state index contributed by atoms with van der Waals surface area (Å²) in [4.78, 5) is 16.4. The molecule has 0 fully saturated rings. The minimum atomic E-state index is -0.351. The highest BCUT2D eigenvalue weighted by atomic mass is 32.1. The van der Waals surface area contributed by atoms with Crippen molar-refractivity contribution in [2.24, 2.45) is 0 Å². The number of amides is 2. The van der Waals surface area contributed by atoms with Crippen LogP contribution in [0.5, 0.6) is 0 Å². The average Bonchev–Trinajstić information content (AvgIpc) is 3.18. The Morgan fingerprint density at radius 3 is 2.67 bits per heavy atom. The lowest BCUT2D eigenvalue weighted by molar-refractivity contribution is 0.262. The van der Waals surface area contributed by atoms with E-state index in [1.807, 2.05) is 36.6 Å². The molecule has 0 aliphatic heterocycles. The molecule has 24 heavy (non-hydrogen) atoms. The second-order valence-electron chi connectivity index (χ2n) is 5.12. The number of aryl methyl sites for hydroxylation is 1. The van der Waals surface area contributed by atoms with E-state index in [-0.39, 0.29) is 12.6 Å². The van der Waals surface area contributed by atoms with E-state index in [0.717, 1.165) is 16.3 Å². The number of aliphatic hydroxyl groups is 1. The van der Waals surface area contributed by atoms with E-state index in [0.29, 0.717) is 17.9 Å². The molecule has 0 spiro atoms. The Balaban J connectivity index is 1.59. The number of hydrogen-bond acceptors (Lipinski definition) is 5. The van der Waals surface area contributed by atoms with E-state index >= 15 is 0 Å². The number of urea groups is 1. The third-order valence-electron chi connectivity index (χ3n) is 3.28. The van der Waals surface area contributed by atoms with Gasteiger partial charge in [0.2, 0.25) is 0 Å². The Bertz CT molecular complexity index is 825. The second-order valence-corrected chi connectivity index (χ2v) is 6.19. The first-order chi connectivity index (χ1) is 11.6. The summed E-state index contributed by atoms with van der Waals surface area (Å²) in [5.41, 5.74) is 3.20. The number of thiazole rings is 1. The molecule has 1 aromatic carbocycles. The molecule has 124 valence electrons.